The first-order valence-electron chi connectivity index (χ1n) is 6.46. The zero-order valence-corrected chi connectivity index (χ0v) is 12.0. The van der Waals surface area contributed by atoms with E-state index in [2.05, 4.69) is 9.97 Å². The van der Waals surface area contributed by atoms with Crippen LogP contribution in [0.4, 0.5) is 0 Å². The third kappa shape index (κ3) is 2.71. The van der Waals surface area contributed by atoms with Crippen LogP contribution in [0.25, 0.3) is 0 Å². The van der Waals surface area contributed by atoms with Gasteiger partial charge < -0.3 is 9.64 Å². The van der Waals surface area contributed by atoms with Gasteiger partial charge in [0, 0.05) is 23.8 Å². The summed E-state index contributed by atoms with van der Waals surface area (Å²) in [4.78, 5) is 22.8. The number of aryl methyl sites for hydroxylation is 1. The predicted octanol–water partition coefficient (Wildman–Crippen LogP) is 2.06. The molecule has 2 aromatic rings. The SMILES string of the molecule is Cc1ccnc(C2CN(C(=O)c3ccsc3)CCO2)n1. The summed E-state index contributed by atoms with van der Waals surface area (Å²) in [5.74, 6) is 0.694. The number of carbonyl (C=O) groups excluding carboxylic acids is 1. The van der Waals surface area contributed by atoms with E-state index in [0.717, 1.165) is 11.3 Å². The van der Waals surface area contributed by atoms with E-state index in [1.54, 1.807) is 6.20 Å². The Morgan fingerprint density at radius 3 is 3.15 bits per heavy atom. The first-order valence-corrected chi connectivity index (χ1v) is 7.41. The van der Waals surface area contributed by atoms with Crippen LogP contribution in [0.15, 0.2) is 29.1 Å². The lowest BCUT2D eigenvalue weighted by molar-refractivity contribution is -0.0268. The lowest BCUT2D eigenvalue weighted by Gasteiger charge is -2.32. The highest BCUT2D eigenvalue weighted by molar-refractivity contribution is 7.08. The lowest BCUT2D eigenvalue weighted by atomic mass is 10.2. The molecule has 1 atom stereocenters. The van der Waals surface area contributed by atoms with Gasteiger partial charge in [0.05, 0.1) is 18.7 Å². The number of carbonyl (C=O) groups is 1. The normalized spacial score (nSPS) is 19.1. The van der Waals surface area contributed by atoms with Crippen molar-refractivity contribution in [1.29, 1.82) is 0 Å². The molecule has 3 heterocycles. The maximum absolute atomic E-state index is 12.3. The maximum Gasteiger partial charge on any atom is 0.254 e. The third-order valence-corrected chi connectivity index (χ3v) is 3.91. The molecule has 0 aliphatic carbocycles. The molecule has 104 valence electrons. The standard InChI is InChI=1S/C14H15N3O2S/c1-10-2-4-15-13(16-10)12-8-17(5-6-19-12)14(18)11-3-7-20-9-11/h2-4,7,9,12H,5-6,8H2,1H3. The highest BCUT2D eigenvalue weighted by Crippen LogP contribution is 2.21. The highest BCUT2D eigenvalue weighted by Gasteiger charge is 2.27. The minimum atomic E-state index is -0.244. The number of aromatic nitrogens is 2. The van der Waals surface area contributed by atoms with Crippen molar-refractivity contribution in [1.82, 2.24) is 14.9 Å². The molecule has 2 aromatic heterocycles. The molecule has 0 radical (unpaired) electrons. The van der Waals surface area contributed by atoms with Crippen molar-refractivity contribution in [2.75, 3.05) is 19.7 Å². The molecule has 0 saturated carbocycles. The van der Waals surface area contributed by atoms with Crippen molar-refractivity contribution in [3.05, 3.63) is 46.2 Å². The van der Waals surface area contributed by atoms with Gasteiger partial charge in [-0.3, -0.25) is 4.79 Å². The fourth-order valence-electron chi connectivity index (χ4n) is 2.18. The average molecular weight is 289 g/mol. The van der Waals surface area contributed by atoms with E-state index in [9.17, 15) is 4.79 Å². The lowest BCUT2D eigenvalue weighted by Crippen LogP contribution is -2.42. The van der Waals surface area contributed by atoms with E-state index >= 15 is 0 Å². The van der Waals surface area contributed by atoms with E-state index in [1.807, 2.05) is 34.7 Å². The molecule has 1 saturated heterocycles. The van der Waals surface area contributed by atoms with Gasteiger partial charge in [-0.1, -0.05) is 0 Å². The highest BCUT2D eigenvalue weighted by atomic mass is 32.1. The third-order valence-electron chi connectivity index (χ3n) is 3.22. The second kappa shape index (κ2) is 5.68. The average Bonchev–Trinajstić information content (AvgIpc) is 3.01. The molecule has 1 unspecified atom stereocenters. The van der Waals surface area contributed by atoms with Gasteiger partial charge in [-0.15, -0.1) is 0 Å². The van der Waals surface area contributed by atoms with Crippen LogP contribution in [0.1, 0.15) is 28.0 Å². The second-order valence-electron chi connectivity index (χ2n) is 4.68. The summed E-state index contributed by atoms with van der Waals surface area (Å²) >= 11 is 1.53. The minimum Gasteiger partial charge on any atom is -0.367 e. The van der Waals surface area contributed by atoms with Crippen molar-refractivity contribution in [2.45, 2.75) is 13.0 Å². The minimum absolute atomic E-state index is 0.0483. The summed E-state index contributed by atoms with van der Waals surface area (Å²) in [5, 5.41) is 3.78. The fourth-order valence-corrected chi connectivity index (χ4v) is 2.81. The van der Waals surface area contributed by atoms with Gasteiger partial charge in [0.25, 0.3) is 5.91 Å². The molecular weight excluding hydrogens is 274 g/mol. The quantitative estimate of drug-likeness (QED) is 0.849. The summed E-state index contributed by atoms with van der Waals surface area (Å²) in [6, 6.07) is 3.70. The van der Waals surface area contributed by atoms with Gasteiger partial charge >= 0.3 is 0 Å². The molecule has 20 heavy (non-hydrogen) atoms. The molecule has 0 aromatic carbocycles. The Hall–Kier alpha value is -1.79. The number of ether oxygens (including phenoxy) is 1. The molecule has 0 N–H and O–H groups in total. The van der Waals surface area contributed by atoms with Crippen molar-refractivity contribution in [3.8, 4) is 0 Å². The largest absolute Gasteiger partial charge is 0.367 e. The monoisotopic (exact) mass is 289 g/mol. The molecular formula is C14H15N3O2S. The van der Waals surface area contributed by atoms with E-state index in [1.165, 1.54) is 11.3 Å². The zero-order valence-electron chi connectivity index (χ0n) is 11.2. The summed E-state index contributed by atoms with van der Waals surface area (Å²) in [6.45, 7) is 3.54. The first kappa shape index (κ1) is 13.2. The van der Waals surface area contributed by atoms with Gasteiger partial charge in [0.15, 0.2) is 5.82 Å². The summed E-state index contributed by atoms with van der Waals surface area (Å²) in [6.07, 6.45) is 1.48. The maximum atomic E-state index is 12.3. The number of rotatable bonds is 2. The van der Waals surface area contributed by atoms with Crippen LogP contribution >= 0.6 is 11.3 Å². The van der Waals surface area contributed by atoms with E-state index in [4.69, 9.17) is 4.74 Å². The summed E-state index contributed by atoms with van der Waals surface area (Å²) in [7, 11) is 0. The molecule has 0 spiro atoms. The van der Waals surface area contributed by atoms with Crippen LogP contribution in [-0.4, -0.2) is 40.5 Å². The Bertz CT molecular complexity index is 600. The van der Waals surface area contributed by atoms with E-state index in [-0.39, 0.29) is 12.0 Å². The van der Waals surface area contributed by atoms with Crippen molar-refractivity contribution in [3.63, 3.8) is 0 Å². The Labute approximate surface area is 121 Å². The number of hydrogen-bond acceptors (Lipinski definition) is 5. The summed E-state index contributed by atoms with van der Waals surface area (Å²) < 4.78 is 5.70. The molecule has 1 amide bonds. The van der Waals surface area contributed by atoms with Gasteiger partial charge in [-0.2, -0.15) is 11.3 Å². The van der Waals surface area contributed by atoms with Crippen LogP contribution in [0, 0.1) is 6.92 Å². The van der Waals surface area contributed by atoms with Gasteiger partial charge in [-0.05, 0) is 24.4 Å². The predicted molar refractivity (Wildman–Crippen MR) is 75.7 cm³/mol. The Kier molecular flexibility index (Phi) is 3.75. The summed E-state index contributed by atoms with van der Waals surface area (Å²) in [5.41, 5.74) is 1.64. The number of nitrogens with zero attached hydrogens (tertiary/aromatic N) is 3. The van der Waals surface area contributed by atoms with Gasteiger partial charge in [0.1, 0.15) is 6.10 Å². The van der Waals surface area contributed by atoms with Crippen molar-refractivity contribution in [2.24, 2.45) is 0 Å². The molecule has 1 aliphatic heterocycles. The molecule has 5 nitrogen and oxygen atoms in total. The Morgan fingerprint density at radius 1 is 1.50 bits per heavy atom. The molecule has 3 rings (SSSR count). The Balaban J connectivity index is 1.75. The van der Waals surface area contributed by atoms with E-state index < -0.39 is 0 Å². The van der Waals surface area contributed by atoms with Crippen LogP contribution in [-0.2, 0) is 4.74 Å². The molecule has 1 aliphatic rings. The first-order chi connectivity index (χ1) is 9.74. The number of hydrogen-bond donors (Lipinski definition) is 0. The number of thiophene rings is 1. The number of amides is 1. The molecule has 1 fully saturated rings. The number of morpholine rings is 1. The van der Waals surface area contributed by atoms with Gasteiger partial charge in [0.2, 0.25) is 0 Å². The topological polar surface area (TPSA) is 55.3 Å². The smallest absolute Gasteiger partial charge is 0.254 e. The van der Waals surface area contributed by atoms with Crippen molar-refractivity contribution >= 4 is 17.2 Å². The van der Waals surface area contributed by atoms with Crippen LogP contribution in [0.3, 0.4) is 0 Å². The van der Waals surface area contributed by atoms with E-state index in [0.29, 0.717) is 25.5 Å². The second-order valence-corrected chi connectivity index (χ2v) is 5.46. The van der Waals surface area contributed by atoms with Gasteiger partial charge in [-0.25, -0.2) is 9.97 Å². The molecule has 6 heteroatoms. The molecule has 0 bridgehead atoms. The Morgan fingerprint density at radius 2 is 2.40 bits per heavy atom. The van der Waals surface area contributed by atoms with Crippen LogP contribution < -0.4 is 0 Å². The van der Waals surface area contributed by atoms with Crippen LogP contribution in [0.5, 0.6) is 0 Å². The van der Waals surface area contributed by atoms with Crippen molar-refractivity contribution < 1.29 is 9.53 Å². The van der Waals surface area contributed by atoms with Crippen LogP contribution in [0.2, 0.25) is 0 Å². The fraction of sp³-hybridized carbons (Fsp3) is 0.357. The zero-order chi connectivity index (χ0) is 13.9.